The van der Waals surface area contributed by atoms with E-state index in [4.69, 9.17) is 5.73 Å². The number of amides is 1. The third-order valence-corrected chi connectivity index (χ3v) is 6.60. The fourth-order valence-corrected chi connectivity index (χ4v) is 4.96. The van der Waals surface area contributed by atoms with Crippen LogP contribution >= 0.6 is 0 Å². The topological polar surface area (TPSA) is 94.1 Å². The van der Waals surface area contributed by atoms with Gasteiger partial charge in [-0.1, -0.05) is 0 Å². The molecule has 2 aliphatic carbocycles. The highest BCUT2D eigenvalue weighted by atomic mass is 16.2. The molecule has 1 saturated carbocycles. The van der Waals surface area contributed by atoms with E-state index in [0.29, 0.717) is 18.7 Å². The van der Waals surface area contributed by atoms with Gasteiger partial charge >= 0.3 is 0 Å². The Hall–Kier alpha value is -2.70. The summed E-state index contributed by atoms with van der Waals surface area (Å²) in [5.41, 5.74) is 8.75. The van der Waals surface area contributed by atoms with Gasteiger partial charge in [0.15, 0.2) is 0 Å². The number of anilines is 1. The van der Waals surface area contributed by atoms with Gasteiger partial charge in [-0.25, -0.2) is 9.97 Å². The Morgan fingerprint density at radius 3 is 2.93 bits per heavy atom. The summed E-state index contributed by atoms with van der Waals surface area (Å²) in [4.78, 5) is 36.9. The quantitative estimate of drug-likeness (QED) is 0.861. The van der Waals surface area contributed by atoms with Crippen LogP contribution in [0.3, 0.4) is 0 Å². The highest BCUT2D eigenvalue weighted by Gasteiger charge is 2.45. The van der Waals surface area contributed by atoms with Crippen molar-refractivity contribution in [2.75, 3.05) is 18.8 Å². The van der Waals surface area contributed by atoms with Crippen molar-refractivity contribution < 1.29 is 4.79 Å². The van der Waals surface area contributed by atoms with Gasteiger partial charge in [0.25, 0.3) is 11.5 Å². The van der Waals surface area contributed by atoms with Gasteiger partial charge in [-0.2, -0.15) is 0 Å². The second-order valence-electron chi connectivity index (χ2n) is 8.53. The van der Waals surface area contributed by atoms with E-state index in [1.54, 1.807) is 4.57 Å². The van der Waals surface area contributed by atoms with Gasteiger partial charge in [0, 0.05) is 36.9 Å². The maximum absolute atomic E-state index is 13.4. The van der Waals surface area contributed by atoms with Crippen LogP contribution in [-0.4, -0.2) is 38.4 Å². The van der Waals surface area contributed by atoms with Gasteiger partial charge in [0.05, 0.1) is 5.69 Å². The van der Waals surface area contributed by atoms with Gasteiger partial charge in [0.2, 0.25) is 5.95 Å². The highest BCUT2D eigenvalue weighted by molar-refractivity contribution is 5.95. The number of likely N-dealkylation sites (tertiary alicyclic amines) is 1. The normalized spacial score (nSPS) is 23.8. The number of carbonyl (C=O) groups is 1. The smallest absolute Gasteiger partial charge is 0.263 e. The monoisotopic (exact) mass is 379 g/mol. The van der Waals surface area contributed by atoms with Gasteiger partial charge in [-0.3, -0.25) is 9.59 Å². The van der Waals surface area contributed by atoms with Crippen molar-refractivity contribution in [1.29, 1.82) is 0 Å². The van der Waals surface area contributed by atoms with Crippen LogP contribution in [-0.2, 0) is 11.8 Å². The Morgan fingerprint density at radius 2 is 2.14 bits per heavy atom. The molecular formula is C21H25N5O2. The Balaban J connectivity index is 1.49. The molecule has 2 fully saturated rings. The van der Waals surface area contributed by atoms with Crippen molar-refractivity contribution in [2.45, 2.75) is 56.9 Å². The van der Waals surface area contributed by atoms with Crippen molar-refractivity contribution in [3.05, 3.63) is 51.2 Å². The number of piperidine rings is 1. The molecule has 0 bridgehead atoms. The van der Waals surface area contributed by atoms with Crippen LogP contribution in [0.4, 0.5) is 5.95 Å². The first-order valence-electron chi connectivity index (χ1n) is 10.1. The number of aryl methyl sites for hydroxylation is 2. The molecule has 1 spiro atoms. The molecule has 3 heterocycles. The number of hydrogen-bond donors (Lipinski definition) is 1. The Kier molecular flexibility index (Phi) is 3.82. The minimum atomic E-state index is -0.168. The molecule has 28 heavy (non-hydrogen) atoms. The third-order valence-electron chi connectivity index (χ3n) is 6.60. The molecule has 2 aromatic rings. The maximum Gasteiger partial charge on any atom is 0.263 e. The second-order valence-corrected chi connectivity index (χ2v) is 8.53. The fourth-order valence-electron chi connectivity index (χ4n) is 4.96. The number of hydrogen-bond acceptors (Lipinski definition) is 5. The number of nitrogens with two attached hydrogens (primary N) is 1. The SMILES string of the molecule is Cc1ccn(C2CC2)c(=O)c1C(=O)N1CCCC2(CCc3cnc(N)nc32)C1. The van der Waals surface area contributed by atoms with Gasteiger partial charge in [-0.15, -0.1) is 0 Å². The van der Waals surface area contributed by atoms with Crippen molar-refractivity contribution in [3.8, 4) is 0 Å². The van der Waals surface area contributed by atoms with Crippen molar-refractivity contribution in [3.63, 3.8) is 0 Å². The standard InChI is InChI=1S/C21H25N5O2/c1-13-6-10-26(15-3-4-15)19(28)16(13)18(27)25-9-2-7-21(12-25)8-5-14-11-23-20(22)24-17(14)21/h6,10-11,15H,2-5,7-9,12H2,1H3,(H2,22,23,24). The molecule has 1 amide bonds. The highest BCUT2D eigenvalue weighted by Crippen LogP contribution is 2.44. The van der Waals surface area contributed by atoms with Crippen LogP contribution in [0, 0.1) is 6.92 Å². The summed E-state index contributed by atoms with van der Waals surface area (Å²) in [7, 11) is 0. The molecule has 0 aromatic carbocycles. The van der Waals surface area contributed by atoms with Gasteiger partial charge in [0.1, 0.15) is 5.56 Å². The lowest BCUT2D eigenvalue weighted by molar-refractivity contribution is 0.0630. The number of rotatable bonds is 2. The summed E-state index contributed by atoms with van der Waals surface area (Å²) in [5, 5.41) is 0. The minimum Gasteiger partial charge on any atom is -0.368 e. The Labute approximate surface area is 163 Å². The first-order valence-corrected chi connectivity index (χ1v) is 10.1. The van der Waals surface area contributed by atoms with Crippen molar-refractivity contribution >= 4 is 11.9 Å². The van der Waals surface area contributed by atoms with Crippen molar-refractivity contribution in [1.82, 2.24) is 19.4 Å². The van der Waals surface area contributed by atoms with E-state index >= 15 is 0 Å². The third kappa shape index (κ3) is 2.64. The molecule has 1 saturated heterocycles. The van der Waals surface area contributed by atoms with E-state index in [-0.39, 0.29) is 28.9 Å². The molecule has 146 valence electrons. The summed E-state index contributed by atoms with van der Waals surface area (Å²) >= 11 is 0. The molecule has 1 aliphatic heterocycles. The maximum atomic E-state index is 13.4. The largest absolute Gasteiger partial charge is 0.368 e. The summed E-state index contributed by atoms with van der Waals surface area (Å²) < 4.78 is 1.73. The zero-order chi connectivity index (χ0) is 19.5. The Bertz CT molecular complexity index is 1020. The molecule has 7 nitrogen and oxygen atoms in total. The molecule has 2 N–H and O–H groups in total. The minimum absolute atomic E-state index is 0.146. The number of nitrogen functional groups attached to an aromatic ring is 1. The van der Waals surface area contributed by atoms with E-state index in [2.05, 4.69) is 9.97 Å². The molecule has 2 aromatic heterocycles. The lowest BCUT2D eigenvalue weighted by atomic mass is 9.77. The molecule has 7 heteroatoms. The summed E-state index contributed by atoms with van der Waals surface area (Å²) in [5.74, 6) is 0.141. The zero-order valence-electron chi connectivity index (χ0n) is 16.1. The number of fused-ring (bicyclic) bond motifs is 2. The van der Waals surface area contributed by atoms with Crippen LogP contribution < -0.4 is 11.3 Å². The number of aromatic nitrogens is 3. The van der Waals surface area contributed by atoms with Crippen LogP contribution in [0.15, 0.2) is 23.3 Å². The molecule has 3 aliphatic rings. The van der Waals surface area contributed by atoms with Gasteiger partial charge < -0.3 is 15.2 Å². The molecule has 5 rings (SSSR count). The predicted molar refractivity (Wildman–Crippen MR) is 105 cm³/mol. The van der Waals surface area contributed by atoms with E-state index in [0.717, 1.165) is 55.3 Å². The molecule has 1 atom stereocenters. The zero-order valence-corrected chi connectivity index (χ0v) is 16.1. The van der Waals surface area contributed by atoms with Crippen LogP contribution in [0.25, 0.3) is 0 Å². The summed E-state index contributed by atoms with van der Waals surface area (Å²) in [6.45, 7) is 3.12. The number of nitrogens with zero attached hydrogens (tertiary/aromatic N) is 4. The van der Waals surface area contributed by atoms with Crippen LogP contribution in [0.1, 0.15) is 65.3 Å². The average Bonchev–Trinajstić information content (AvgIpc) is 3.47. The molecule has 0 radical (unpaired) electrons. The molecule has 1 unspecified atom stereocenters. The lowest BCUT2D eigenvalue weighted by Crippen LogP contribution is -2.49. The van der Waals surface area contributed by atoms with Gasteiger partial charge in [-0.05, 0) is 62.6 Å². The van der Waals surface area contributed by atoms with Crippen LogP contribution in [0.2, 0.25) is 0 Å². The summed E-state index contributed by atoms with van der Waals surface area (Å²) in [6, 6.07) is 2.15. The lowest BCUT2D eigenvalue weighted by Gasteiger charge is -2.40. The van der Waals surface area contributed by atoms with Crippen LogP contribution in [0.5, 0.6) is 0 Å². The fraction of sp³-hybridized carbons (Fsp3) is 0.524. The number of pyridine rings is 1. The first-order chi connectivity index (χ1) is 13.5. The summed E-state index contributed by atoms with van der Waals surface area (Å²) in [6.07, 6.45) is 9.43. The second kappa shape index (κ2) is 6.15. The predicted octanol–water partition coefficient (Wildman–Crippen LogP) is 1.98. The average molecular weight is 379 g/mol. The van der Waals surface area contributed by atoms with E-state index in [1.165, 1.54) is 0 Å². The van der Waals surface area contributed by atoms with E-state index < -0.39 is 0 Å². The first kappa shape index (κ1) is 17.4. The van der Waals surface area contributed by atoms with E-state index in [9.17, 15) is 9.59 Å². The molecular weight excluding hydrogens is 354 g/mol. The van der Waals surface area contributed by atoms with Crippen molar-refractivity contribution in [2.24, 2.45) is 0 Å². The number of carbonyl (C=O) groups excluding carboxylic acids is 1. The van der Waals surface area contributed by atoms with E-state index in [1.807, 2.05) is 30.3 Å². The Morgan fingerprint density at radius 1 is 1.32 bits per heavy atom.